The molecule has 0 aliphatic carbocycles. The number of anilines is 1. The number of carbonyl (C=O) groups excluding carboxylic acids is 2. The third-order valence-electron chi connectivity index (χ3n) is 2.52. The van der Waals surface area contributed by atoms with Gasteiger partial charge < -0.3 is 11.1 Å². The summed E-state index contributed by atoms with van der Waals surface area (Å²) in [6.07, 6.45) is 7.70. The average molecular weight is 249 g/mol. The summed E-state index contributed by atoms with van der Waals surface area (Å²) >= 11 is 0. The molecule has 0 radical (unpaired) electrons. The second kappa shape index (κ2) is 8.22. The maximum atomic E-state index is 11.5. The molecule has 3 N–H and O–H groups in total. The molecule has 1 heterocycles. The highest BCUT2D eigenvalue weighted by molar-refractivity contribution is 5.90. The zero-order valence-electron chi connectivity index (χ0n) is 10.4. The highest BCUT2D eigenvalue weighted by Crippen LogP contribution is 2.08. The molecule has 1 rings (SSSR count). The Morgan fingerprint density at radius 2 is 1.89 bits per heavy atom. The first kappa shape index (κ1) is 14.2. The predicted octanol–water partition coefficient (Wildman–Crippen LogP) is 1.85. The number of hydrogen-bond donors (Lipinski definition) is 2. The normalized spacial score (nSPS) is 10.0. The molecule has 5 nitrogen and oxygen atoms in total. The van der Waals surface area contributed by atoms with Crippen molar-refractivity contribution >= 4 is 17.5 Å². The van der Waals surface area contributed by atoms with Gasteiger partial charge in [-0.3, -0.25) is 14.6 Å². The molecule has 1 aromatic heterocycles. The van der Waals surface area contributed by atoms with Crippen molar-refractivity contribution in [2.75, 3.05) is 5.32 Å². The summed E-state index contributed by atoms with van der Waals surface area (Å²) < 4.78 is 0. The van der Waals surface area contributed by atoms with Gasteiger partial charge in [-0.25, -0.2) is 0 Å². The number of primary amides is 1. The van der Waals surface area contributed by atoms with Crippen LogP contribution in [0.2, 0.25) is 0 Å². The molecule has 0 aliphatic heterocycles. The van der Waals surface area contributed by atoms with Crippen LogP contribution in [0.1, 0.15) is 38.5 Å². The van der Waals surface area contributed by atoms with Gasteiger partial charge in [-0.1, -0.05) is 12.8 Å². The largest absolute Gasteiger partial charge is 0.370 e. The molecule has 5 heteroatoms. The molecule has 98 valence electrons. The quantitative estimate of drug-likeness (QED) is 0.689. The Bertz CT molecular complexity index is 379. The van der Waals surface area contributed by atoms with E-state index in [-0.39, 0.29) is 11.8 Å². The van der Waals surface area contributed by atoms with Crippen molar-refractivity contribution in [3.63, 3.8) is 0 Å². The van der Waals surface area contributed by atoms with Gasteiger partial charge in [-0.15, -0.1) is 0 Å². The van der Waals surface area contributed by atoms with Crippen LogP contribution in [0.5, 0.6) is 0 Å². The molecular formula is C13H19N3O2. The minimum absolute atomic E-state index is 0.00194. The first-order valence-electron chi connectivity index (χ1n) is 6.16. The highest BCUT2D eigenvalue weighted by atomic mass is 16.1. The van der Waals surface area contributed by atoms with Gasteiger partial charge in [0, 0.05) is 19.0 Å². The third-order valence-corrected chi connectivity index (χ3v) is 2.52. The summed E-state index contributed by atoms with van der Waals surface area (Å²) in [5, 5.41) is 2.78. The van der Waals surface area contributed by atoms with Gasteiger partial charge in [0.1, 0.15) is 0 Å². The molecule has 0 saturated heterocycles. The Hall–Kier alpha value is -1.91. The first-order chi connectivity index (χ1) is 8.68. The smallest absolute Gasteiger partial charge is 0.224 e. The standard InChI is InChI=1S/C13H19N3O2/c14-12(17)7-3-1-2-4-8-13(18)16-11-6-5-9-15-10-11/h5-6,9-10H,1-4,7-8H2,(H2,14,17)(H,16,18). The van der Waals surface area contributed by atoms with Crippen molar-refractivity contribution in [2.45, 2.75) is 38.5 Å². The zero-order valence-corrected chi connectivity index (χ0v) is 10.4. The van der Waals surface area contributed by atoms with Crippen molar-refractivity contribution in [1.82, 2.24) is 4.98 Å². The molecule has 0 fully saturated rings. The van der Waals surface area contributed by atoms with E-state index in [9.17, 15) is 9.59 Å². The monoisotopic (exact) mass is 249 g/mol. The number of pyridine rings is 1. The van der Waals surface area contributed by atoms with Crippen molar-refractivity contribution in [2.24, 2.45) is 5.73 Å². The number of hydrogen-bond acceptors (Lipinski definition) is 3. The topological polar surface area (TPSA) is 85.1 Å². The van der Waals surface area contributed by atoms with Crippen molar-refractivity contribution < 1.29 is 9.59 Å². The number of nitrogens with zero attached hydrogens (tertiary/aromatic N) is 1. The highest BCUT2D eigenvalue weighted by Gasteiger charge is 2.02. The number of amides is 2. The summed E-state index contributed by atoms with van der Waals surface area (Å²) in [5.41, 5.74) is 5.75. The number of aromatic nitrogens is 1. The third kappa shape index (κ3) is 6.62. The van der Waals surface area contributed by atoms with Gasteiger partial charge in [0.25, 0.3) is 0 Å². The molecule has 2 amide bonds. The lowest BCUT2D eigenvalue weighted by Gasteiger charge is -2.04. The van der Waals surface area contributed by atoms with Crippen LogP contribution in [0.4, 0.5) is 5.69 Å². The minimum atomic E-state index is -0.260. The molecule has 0 aliphatic rings. The summed E-state index contributed by atoms with van der Waals surface area (Å²) in [5.74, 6) is -0.262. The summed E-state index contributed by atoms with van der Waals surface area (Å²) in [6.45, 7) is 0. The van der Waals surface area contributed by atoms with Gasteiger partial charge in [0.2, 0.25) is 11.8 Å². The molecule has 0 bridgehead atoms. The van der Waals surface area contributed by atoms with Crippen LogP contribution in [0.3, 0.4) is 0 Å². The van der Waals surface area contributed by atoms with Crippen molar-refractivity contribution in [3.8, 4) is 0 Å². The number of nitrogens with one attached hydrogen (secondary N) is 1. The predicted molar refractivity (Wildman–Crippen MR) is 69.8 cm³/mol. The van der Waals surface area contributed by atoms with Crippen LogP contribution in [-0.4, -0.2) is 16.8 Å². The van der Waals surface area contributed by atoms with Crippen LogP contribution >= 0.6 is 0 Å². The van der Waals surface area contributed by atoms with Gasteiger partial charge in [-0.2, -0.15) is 0 Å². The van der Waals surface area contributed by atoms with E-state index in [2.05, 4.69) is 10.3 Å². The van der Waals surface area contributed by atoms with Crippen LogP contribution in [0, 0.1) is 0 Å². The Balaban J connectivity index is 2.05. The fraction of sp³-hybridized carbons (Fsp3) is 0.462. The van der Waals surface area contributed by atoms with Crippen LogP contribution in [0.25, 0.3) is 0 Å². The number of unbranched alkanes of at least 4 members (excludes halogenated alkanes) is 3. The maximum absolute atomic E-state index is 11.5. The van der Waals surface area contributed by atoms with E-state index in [1.807, 2.05) is 0 Å². The van der Waals surface area contributed by atoms with Crippen LogP contribution in [-0.2, 0) is 9.59 Å². The second-order valence-corrected chi connectivity index (χ2v) is 4.17. The Labute approximate surface area is 107 Å². The molecule has 0 atom stereocenters. The van der Waals surface area contributed by atoms with Crippen LogP contribution < -0.4 is 11.1 Å². The molecule has 0 saturated carbocycles. The lowest BCUT2D eigenvalue weighted by molar-refractivity contribution is -0.118. The number of carbonyl (C=O) groups is 2. The lowest BCUT2D eigenvalue weighted by Crippen LogP contribution is -2.11. The van der Waals surface area contributed by atoms with E-state index in [0.717, 1.165) is 31.4 Å². The van der Waals surface area contributed by atoms with E-state index >= 15 is 0 Å². The fourth-order valence-electron chi connectivity index (χ4n) is 1.60. The summed E-state index contributed by atoms with van der Waals surface area (Å²) in [6, 6.07) is 3.58. The molecule has 1 aromatic rings. The SMILES string of the molecule is NC(=O)CCCCCCC(=O)Nc1cccnc1. The zero-order chi connectivity index (χ0) is 13.2. The maximum Gasteiger partial charge on any atom is 0.224 e. The van der Waals surface area contributed by atoms with E-state index < -0.39 is 0 Å². The van der Waals surface area contributed by atoms with Gasteiger partial charge in [-0.05, 0) is 25.0 Å². The minimum Gasteiger partial charge on any atom is -0.370 e. The molecule has 0 unspecified atom stereocenters. The first-order valence-corrected chi connectivity index (χ1v) is 6.16. The Morgan fingerprint density at radius 1 is 1.17 bits per heavy atom. The van der Waals surface area contributed by atoms with E-state index in [0.29, 0.717) is 12.8 Å². The second-order valence-electron chi connectivity index (χ2n) is 4.17. The van der Waals surface area contributed by atoms with Gasteiger partial charge >= 0.3 is 0 Å². The van der Waals surface area contributed by atoms with Crippen molar-refractivity contribution in [1.29, 1.82) is 0 Å². The lowest BCUT2D eigenvalue weighted by atomic mass is 10.1. The Kier molecular flexibility index (Phi) is 6.46. The number of nitrogens with two attached hydrogens (primary N) is 1. The molecular weight excluding hydrogens is 230 g/mol. The van der Waals surface area contributed by atoms with E-state index in [1.54, 1.807) is 24.5 Å². The summed E-state index contributed by atoms with van der Waals surface area (Å²) in [7, 11) is 0. The average Bonchev–Trinajstić information content (AvgIpc) is 2.34. The van der Waals surface area contributed by atoms with Crippen LogP contribution in [0.15, 0.2) is 24.5 Å². The van der Waals surface area contributed by atoms with Gasteiger partial charge in [0.15, 0.2) is 0 Å². The fourth-order valence-corrected chi connectivity index (χ4v) is 1.60. The molecule has 0 aromatic carbocycles. The molecule has 0 spiro atoms. The van der Waals surface area contributed by atoms with Crippen molar-refractivity contribution in [3.05, 3.63) is 24.5 Å². The molecule has 18 heavy (non-hydrogen) atoms. The summed E-state index contributed by atoms with van der Waals surface area (Å²) in [4.78, 5) is 26.0. The van der Waals surface area contributed by atoms with Gasteiger partial charge in [0.05, 0.1) is 11.9 Å². The van der Waals surface area contributed by atoms with E-state index in [1.165, 1.54) is 0 Å². The number of rotatable bonds is 8. The van der Waals surface area contributed by atoms with E-state index in [4.69, 9.17) is 5.73 Å². The Morgan fingerprint density at radius 3 is 2.50 bits per heavy atom.